The van der Waals surface area contributed by atoms with Gasteiger partial charge in [-0.15, -0.1) is 0 Å². The lowest BCUT2D eigenvalue weighted by molar-refractivity contribution is 0.573. The van der Waals surface area contributed by atoms with Crippen LogP contribution in [0.1, 0.15) is 17.1 Å². The van der Waals surface area contributed by atoms with E-state index >= 15 is 0 Å². The summed E-state index contributed by atoms with van der Waals surface area (Å²) in [7, 11) is -1.91. The maximum absolute atomic E-state index is 12.2. The average Bonchev–Trinajstić information content (AvgIpc) is 2.86. The summed E-state index contributed by atoms with van der Waals surface area (Å²) in [6.45, 7) is 2.26. The fourth-order valence-electron chi connectivity index (χ4n) is 1.69. The number of aromatic nitrogens is 4. The van der Waals surface area contributed by atoms with E-state index in [1.165, 1.54) is 6.20 Å². The number of nitrogens with one attached hydrogen (secondary N) is 3. The van der Waals surface area contributed by atoms with Crippen molar-refractivity contribution < 1.29 is 8.42 Å². The molecule has 0 aliphatic heterocycles. The molecule has 0 aromatic carbocycles. The number of hydrogen-bond donors (Lipinski definition) is 3. The summed E-state index contributed by atoms with van der Waals surface area (Å²) < 4.78 is 26.9. The van der Waals surface area contributed by atoms with Crippen molar-refractivity contribution in [3.8, 4) is 0 Å². The van der Waals surface area contributed by atoms with Crippen LogP contribution in [0.2, 0.25) is 0 Å². The Hall–Kier alpha value is -1.84. The molecule has 0 saturated carbocycles. The summed E-state index contributed by atoms with van der Waals surface area (Å²) in [5, 5.41) is 9.23. The van der Waals surface area contributed by atoms with Crippen LogP contribution in [0.4, 0.5) is 0 Å². The first-order chi connectivity index (χ1) is 9.53. The predicted octanol–water partition coefficient (Wildman–Crippen LogP) is -0.294. The molecule has 2 aromatic rings. The SMILES string of the molecule is CNCc1cn[nH]c1S(=O)(=O)NCc1ccnc(C)n1. The van der Waals surface area contributed by atoms with Crippen molar-refractivity contribution in [2.24, 2.45) is 0 Å². The summed E-state index contributed by atoms with van der Waals surface area (Å²) in [5.74, 6) is 0.596. The van der Waals surface area contributed by atoms with Gasteiger partial charge in [0.25, 0.3) is 10.0 Å². The molecule has 0 bridgehead atoms. The van der Waals surface area contributed by atoms with Gasteiger partial charge in [0.05, 0.1) is 18.4 Å². The fraction of sp³-hybridized carbons (Fsp3) is 0.364. The molecule has 2 rings (SSSR count). The zero-order valence-electron chi connectivity index (χ0n) is 11.2. The predicted molar refractivity (Wildman–Crippen MR) is 72.1 cm³/mol. The molecule has 8 nitrogen and oxygen atoms in total. The lowest BCUT2D eigenvalue weighted by Gasteiger charge is -2.07. The molecule has 0 aliphatic carbocycles. The minimum absolute atomic E-state index is 0.0672. The first-order valence-corrected chi connectivity index (χ1v) is 7.46. The molecule has 3 N–H and O–H groups in total. The quantitative estimate of drug-likeness (QED) is 0.675. The Morgan fingerprint density at radius 1 is 1.35 bits per heavy atom. The molecular formula is C11H16N6O2S. The number of rotatable bonds is 6. The van der Waals surface area contributed by atoms with Crippen molar-refractivity contribution in [2.45, 2.75) is 25.0 Å². The number of aromatic amines is 1. The molecule has 0 fully saturated rings. The molecule has 0 aliphatic rings. The van der Waals surface area contributed by atoms with Crippen LogP contribution in [-0.4, -0.2) is 35.6 Å². The summed E-state index contributed by atoms with van der Waals surface area (Å²) in [4.78, 5) is 8.10. The average molecular weight is 296 g/mol. The Kier molecular flexibility index (Phi) is 4.42. The molecule has 0 amide bonds. The molecule has 2 aromatic heterocycles. The third-order valence-corrected chi connectivity index (χ3v) is 4.01. The van der Waals surface area contributed by atoms with Crippen LogP contribution < -0.4 is 10.0 Å². The van der Waals surface area contributed by atoms with Gasteiger partial charge in [-0.3, -0.25) is 5.10 Å². The van der Waals surface area contributed by atoms with Crippen molar-refractivity contribution in [1.29, 1.82) is 0 Å². The highest BCUT2D eigenvalue weighted by atomic mass is 32.2. The van der Waals surface area contributed by atoms with Crippen LogP contribution >= 0.6 is 0 Å². The van der Waals surface area contributed by atoms with Crippen LogP contribution in [0.3, 0.4) is 0 Å². The minimum atomic E-state index is -3.65. The maximum atomic E-state index is 12.2. The van der Waals surface area contributed by atoms with E-state index < -0.39 is 10.0 Å². The van der Waals surface area contributed by atoms with Gasteiger partial charge in [0, 0.05) is 18.3 Å². The van der Waals surface area contributed by atoms with Crippen molar-refractivity contribution in [3.63, 3.8) is 0 Å². The smallest absolute Gasteiger partial charge is 0.258 e. The van der Waals surface area contributed by atoms with Gasteiger partial charge in [0.2, 0.25) is 0 Å². The number of aryl methyl sites for hydroxylation is 1. The highest BCUT2D eigenvalue weighted by Gasteiger charge is 2.20. The summed E-state index contributed by atoms with van der Waals surface area (Å²) >= 11 is 0. The second-order valence-electron chi connectivity index (χ2n) is 4.17. The third kappa shape index (κ3) is 3.38. The number of sulfonamides is 1. The van der Waals surface area contributed by atoms with E-state index in [2.05, 4.69) is 30.2 Å². The molecule has 0 saturated heterocycles. The van der Waals surface area contributed by atoms with Gasteiger partial charge in [0.15, 0.2) is 5.03 Å². The van der Waals surface area contributed by atoms with Crippen molar-refractivity contribution in [3.05, 3.63) is 35.5 Å². The fourth-order valence-corrected chi connectivity index (χ4v) is 2.82. The van der Waals surface area contributed by atoms with Crippen LogP contribution in [-0.2, 0) is 23.1 Å². The number of nitrogens with zero attached hydrogens (tertiary/aromatic N) is 3. The Bertz CT molecular complexity index is 682. The van der Waals surface area contributed by atoms with Crippen LogP contribution in [0.25, 0.3) is 0 Å². The van der Waals surface area contributed by atoms with Gasteiger partial charge >= 0.3 is 0 Å². The topological polar surface area (TPSA) is 113 Å². The van der Waals surface area contributed by atoms with Crippen molar-refractivity contribution >= 4 is 10.0 Å². The van der Waals surface area contributed by atoms with Gasteiger partial charge in [-0.1, -0.05) is 0 Å². The van der Waals surface area contributed by atoms with E-state index in [0.717, 1.165) is 0 Å². The molecular weight excluding hydrogens is 280 g/mol. The van der Waals surface area contributed by atoms with Gasteiger partial charge in [-0.2, -0.15) is 5.10 Å². The Morgan fingerprint density at radius 2 is 2.15 bits per heavy atom. The van der Waals surface area contributed by atoms with Gasteiger partial charge in [-0.05, 0) is 20.0 Å². The van der Waals surface area contributed by atoms with E-state index in [4.69, 9.17) is 0 Å². The molecule has 0 radical (unpaired) electrons. The monoisotopic (exact) mass is 296 g/mol. The summed E-state index contributed by atoms with van der Waals surface area (Å²) in [6, 6.07) is 1.66. The van der Waals surface area contributed by atoms with Gasteiger partial charge < -0.3 is 5.32 Å². The van der Waals surface area contributed by atoms with Gasteiger partial charge in [-0.25, -0.2) is 23.1 Å². The third-order valence-electron chi connectivity index (χ3n) is 2.59. The Balaban J connectivity index is 2.13. The standard InChI is InChI=1S/C11H16N6O2S/c1-8-13-4-3-10(16-8)7-15-20(18,19)11-9(5-12-2)6-14-17-11/h3-4,6,12,15H,5,7H2,1-2H3,(H,14,17). The molecule has 0 unspecified atom stereocenters. The van der Waals surface area contributed by atoms with Gasteiger partial charge in [0.1, 0.15) is 5.82 Å². The summed E-state index contributed by atoms with van der Waals surface area (Å²) in [6.07, 6.45) is 3.08. The Morgan fingerprint density at radius 3 is 2.85 bits per heavy atom. The second kappa shape index (κ2) is 6.07. The lowest BCUT2D eigenvalue weighted by Crippen LogP contribution is -2.25. The van der Waals surface area contributed by atoms with E-state index in [0.29, 0.717) is 23.6 Å². The lowest BCUT2D eigenvalue weighted by atomic mass is 10.4. The minimum Gasteiger partial charge on any atom is -0.316 e. The molecule has 20 heavy (non-hydrogen) atoms. The van der Waals surface area contributed by atoms with Crippen LogP contribution in [0.15, 0.2) is 23.5 Å². The molecule has 9 heteroatoms. The summed E-state index contributed by atoms with van der Waals surface area (Å²) in [5.41, 5.74) is 1.19. The van der Waals surface area contributed by atoms with Crippen molar-refractivity contribution in [1.82, 2.24) is 30.2 Å². The highest BCUT2D eigenvalue weighted by Crippen LogP contribution is 2.11. The zero-order valence-corrected chi connectivity index (χ0v) is 12.0. The second-order valence-corrected chi connectivity index (χ2v) is 5.88. The van der Waals surface area contributed by atoms with Crippen LogP contribution in [0, 0.1) is 6.92 Å². The van der Waals surface area contributed by atoms with E-state index in [1.807, 2.05) is 0 Å². The zero-order chi connectivity index (χ0) is 14.6. The highest BCUT2D eigenvalue weighted by molar-refractivity contribution is 7.89. The van der Waals surface area contributed by atoms with E-state index in [1.54, 1.807) is 26.2 Å². The molecule has 0 atom stereocenters. The van der Waals surface area contributed by atoms with E-state index in [-0.39, 0.29) is 11.6 Å². The largest absolute Gasteiger partial charge is 0.316 e. The Labute approximate surface area is 117 Å². The first kappa shape index (κ1) is 14.6. The molecule has 0 spiro atoms. The number of H-pyrrole nitrogens is 1. The number of hydrogen-bond acceptors (Lipinski definition) is 6. The van der Waals surface area contributed by atoms with Crippen LogP contribution in [0.5, 0.6) is 0 Å². The normalized spacial score (nSPS) is 11.7. The molecule has 2 heterocycles. The van der Waals surface area contributed by atoms with E-state index in [9.17, 15) is 8.42 Å². The maximum Gasteiger partial charge on any atom is 0.258 e. The molecule has 108 valence electrons. The van der Waals surface area contributed by atoms with Crippen molar-refractivity contribution in [2.75, 3.05) is 7.05 Å². The first-order valence-electron chi connectivity index (χ1n) is 5.98.